The number of anilines is 1. The Balaban J connectivity index is 2.08. The fraction of sp³-hybridized carbons (Fsp3) is 0.385. The summed E-state index contributed by atoms with van der Waals surface area (Å²) in [6.07, 6.45) is 3.16. The highest BCUT2D eigenvalue weighted by Crippen LogP contribution is 2.21. The van der Waals surface area contributed by atoms with Crippen LogP contribution >= 0.6 is 11.6 Å². The number of hydrogen-bond acceptors (Lipinski definition) is 2. The monoisotopic (exact) mass is 282 g/mol. The van der Waals surface area contributed by atoms with Gasteiger partial charge in [-0.2, -0.15) is 0 Å². The van der Waals surface area contributed by atoms with Crippen molar-refractivity contribution in [2.45, 2.75) is 19.3 Å². The molecular weight excluding hydrogens is 268 g/mol. The molecule has 2 N–H and O–H groups in total. The van der Waals surface area contributed by atoms with E-state index in [1.165, 1.54) is 12.1 Å². The number of aromatic carboxylic acids is 1. The van der Waals surface area contributed by atoms with Crippen molar-refractivity contribution in [2.75, 3.05) is 18.4 Å². The van der Waals surface area contributed by atoms with E-state index < -0.39 is 5.97 Å². The number of halogens is 1. The van der Waals surface area contributed by atoms with Crippen LogP contribution in [-0.2, 0) is 0 Å². The van der Waals surface area contributed by atoms with Crippen molar-refractivity contribution in [2.24, 2.45) is 0 Å². The Morgan fingerprint density at radius 2 is 1.89 bits per heavy atom. The Hall–Kier alpha value is -1.75. The lowest BCUT2D eigenvalue weighted by atomic mass is 10.1. The third-order valence-electron chi connectivity index (χ3n) is 3.09. The summed E-state index contributed by atoms with van der Waals surface area (Å²) >= 11 is 5.77. The fourth-order valence-corrected chi connectivity index (χ4v) is 2.26. The van der Waals surface area contributed by atoms with Gasteiger partial charge in [0.25, 0.3) is 0 Å². The maximum atomic E-state index is 12.0. The molecule has 19 heavy (non-hydrogen) atoms. The van der Waals surface area contributed by atoms with Crippen molar-refractivity contribution in [1.82, 2.24) is 4.90 Å². The highest BCUT2D eigenvalue weighted by atomic mass is 35.5. The van der Waals surface area contributed by atoms with E-state index in [9.17, 15) is 9.59 Å². The van der Waals surface area contributed by atoms with E-state index in [1.807, 2.05) is 0 Å². The Bertz CT molecular complexity index is 499. The van der Waals surface area contributed by atoms with Crippen molar-refractivity contribution >= 4 is 29.3 Å². The number of piperidine rings is 1. The van der Waals surface area contributed by atoms with E-state index >= 15 is 0 Å². The van der Waals surface area contributed by atoms with Gasteiger partial charge in [0.05, 0.1) is 10.6 Å². The van der Waals surface area contributed by atoms with Gasteiger partial charge >= 0.3 is 12.0 Å². The highest BCUT2D eigenvalue weighted by molar-refractivity contribution is 6.33. The lowest BCUT2D eigenvalue weighted by Gasteiger charge is -2.26. The second-order valence-electron chi connectivity index (χ2n) is 4.48. The number of carboxylic acid groups (broad SMARTS) is 1. The summed E-state index contributed by atoms with van der Waals surface area (Å²) < 4.78 is 0. The number of carboxylic acids is 1. The molecule has 1 aromatic rings. The van der Waals surface area contributed by atoms with Crippen molar-refractivity contribution in [3.63, 3.8) is 0 Å². The van der Waals surface area contributed by atoms with Crippen molar-refractivity contribution < 1.29 is 14.7 Å². The van der Waals surface area contributed by atoms with Gasteiger partial charge in [0, 0.05) is 18.8 Å². The Labute approximate surface area is 116 Å². The van der Waals surface area contributed by atoms with E-state index in [1.54, 1.807) is 11.0 Å². The lowest BCUT2D eigenvalue weighted by molar-refractivity contribution is 0.0697. The molecule has 0 bridgehead atoms. The molecule has 0 saturated carbocycles. The van der Waals surface area contributed by atoms with Crippen molar-refractivity contribution in [3.05, 3.63) is 28.8 Å². The molecule has 102 valence electrons. The molecule has 0 unspecified atom stereocenters. The summed E-state index contributed by atoms with van der Waals surface area (Å²) in [7, 11) is 0. The van der Waals surface area contributed by atoms with Gasteiger partial charge in [0.15, 0.2) is 0 Å². The molecule has 1 fully saturated rings. The number of carbonyl (C=O) groups is 2. The van der Waals surface area contributed by atoms with Crippen LogP contribution in [0.15, 0.2) is 18.2 Å². The zero-order chi connectivity index (χ0) is 13.8. The van der Waals surface area contributed by atoms with Crippen LogP contribution in [0, 0.1) is 0 Å². The topological polar surface area (TPSA) is 69.6 Å². The lowest BCUT2D eigenvalue weighted by Crippen LogP contribution is -2.38. The summed E-state index contributed by atoms with van der Waals surface area (Å²) in [5.74, 6) is -1.11. The van der Waals surface area contributed by atoms with Gasteiger partial charge in [-0.15, -0.1) is 0 Å². The van der Waals surface area contributed by atoms with Gasteiger partial charge in [0.2, 0.25) is 0 Å². The number of rotatable bonds is 2. The molecule has 1 aliphatic rings. The summed E-state index contributed by atoms with van der Waals surface area (Å²) in [6.45, 7) is 1.48. The first-order valence-corrected chi connectivity index (χ1v) is 6.54. The van der Waals surface area contributed by atoms with Gasteiger partial charge in [-0.1, -0.05) is 11.6 Å². The van der Waals surface area contributed by atoms with Gasteiger partial charge < -0.3 is 15.3 Å². The smallest absolute Gasteiger partial charge is 0.337 e. The van der Waals surface area contributed by atoms with Gasteiger partial charge in [-0.05, 0) is 37.5 Å². The van der Waals surface area contributed by atoms with Crippen LogP contribution in [0.2, 0.25) is 5.02 Å². The number of amides is 2. The quantitative estimate of drug-likeness (QED) is 0.876. The number of carbonyl (C=O) groups excluding carboxylic acids is 1. The number of likely N-dealkylation sites (tertiary alicyclic amines) is 1. The SMILES string of the molecule is O=C(O)c1cc(NC(=O)N2CCCCC2)ccc1Cl. The number of urea groups is 1. The maximum absolute atomic E-state index is 12.0. The summed E-state index contributed by atoms with van der Waals surface area (Å²) in [6, 6.07) is 4.23. The van der Waals surface area contributed by atoms with E-state index in [2.05, 4.69) is 5.32 Å². The predicted molar refractivity (Wildman–Crippen MR) is 72.9 cm³/mol. The zero-order valence-corrected chi connectivity index (χ0v) is 11.1. The predicted octanol–water partition coefficient (Wildman–Crippen LogP) is 3.06. The minimum absolute atomic E-state index is 0.0156. The third kappa shape index (κ3) is 3.38. The Morgan fingerprint density at radius 3 is 2.53 bits per heavy atom. The molecular formula is C13H15ClN2O3. The first-order valence-electron chi connectivity index (χ1n) is 6.16. The van der Waals surface area contributed by atoms with Crippen LogP contribution in [0.1, 0.15) is 29.6 Å². The maximum Gasteiger partial charge on any atom is 0.337 e. The van der Waals surface area contributed by atoms with E-state index in [0.717, 1.165) is 32.4 Å². The zero-order valence-electron chi connectivity index (χ0n) is 10.4. The van der Waals surface area contributed by atoms with E-state index in [0.29, 0.717) is 5.69 Å². The summed E-state index contributed by atoms with van der Waals surface area (Å²) in [4.78, 5) is 24.7. The average Bonchev–Trinajstić information content (AvgIpc) is 2.41. The first kappa shape index (κ1) is 13.7. The van der Waals surface area contributed by atoms with Crippen LogP contribution in [0.5, 0.6) is 0 Å². The number of hydrogen-bond donors (Lipinski definition) is 2. The molecule has 2 amide bonds. The van der Waals surface area contributed by atoms with Crippen LogP contribution in [0.3, 0.4) is 0 Å². The first-order chi connectivity index (χ1) is 9.08. The minimum atomic E-state index is -1.11. The van der Waals surface area contributed by atoms with E-state index in [4.69, 9.17) is 16.7 Å². The average molecular weight is 283 g/mol. The van der Waals surface area contributed by atoms with Crippen LogP contribution in [0.4, 0.5) is 10.5 Å². The molecule has 2 rings (SSSR count). The molecule has 5 nitrogen and oxygen atoms in total. The summed E-state index contributed by atoms with van der Waals surface area (Å²) in [5, 5.41) is 11.8. The highest BCUT2D eigenvalue weighted by Gasteiger charge is 2.17. The molecule has 0 aromatic heterocycles. The molecule has 1 heterocycles. The van der Waals surface area contributed by atoms with E-state index in [-0.39, 0.29) is 16.6 Å². The molecule has 0 radical (unpaired) electrons. The molecule has 0 spiro atoms. The second-order valence-corrected chi connectivity index (χ2v) is 4.88. The standard InChI is InChI=1S/C13H15ClN2O3/c14-11-5-4-9(8-10(11)12(17)18)15-13(19)16-6-2-1-3-7-16/h4-5,8H,1-3,6-7H2,(H,15,19)(H,17,18). The number of nitrogens with zero attached hydrogens (tertiary/aromatic N) is 1. The Kier molecular flexibility index (Phi) is 4.27. The van der Waals surface area contributed by atoms with Gasteiger partial charge in [-0.3, -0.25) is 0 Å². The Morgan fingerprint density at radius 1 is 1.21 bits per heavy atom. The molecule has 6 heteroatoms. The molecule has 1 aliphatic heterocycles. The normalized spacial score (nSPS) is 15.1. The molecule has 1 saturated heterocycles. The van der Waals surface area contributed by atoms with Gasteiger partial charge in [0.1, 0.15) is 0 Å². The molecule has 0 atom stereocenters. The van der Waals surface area contributed by atoms with Crippen molar-refractivity contribution in [1.29, 1.82) is 0 Å². The van der Waals surface area contributed by atoms with Crippen LogP contribution in [-0.4, -0.2) is 35.1 Å². The largest absolute Gasteiger partial charge is 0.478 e. The van der Waals surface area contributed by atoms with Crippen LogP contribution in [0.25, 0.3) is 0 Å². The third-order valence-corrected chi connectivity index (χ3v) is 3.42. The van der Waals surface area contributed by atoms with Crippen molar-refractivity contribution in [3.8, 4) is 0 Å². The second kappa shape index (κ2) is 5.93. The minimum Gasteiger partial charge on any atom is -0.478 e. The molecule has 1 aromatic carbocycles. The number of nitrogens with one attached hydrogen (secondary N) is 1. The fourth-order valence-electron chi connectivity index (χ4n) is 2.07. The summed E-state index contributed by atoms with van der Waals surface area (Å²) in [5.41, 5.74) is 0.426. The molecule has 0 aliphatic carbocycles. The number of benzene rings is 1. The van der Waals surface area contributed by atoms with Gasteiger partial charge in [-0.25, -0.2) is 9.59 Å². The van der Waals surface area contributed by atoms with Crippen LogP contribution < -0.4 is 5.32 Å².